The van der Waals surface area contributed by atoms with Crippen LogP contribution in [-0.2, 0) is 0 Å². The molecule has 11 aromatic carbocycles. The maximum atomic E-state index is 7.01. The zero-order valence-corrected chi connectivity index (χ0v) is 36.4. The van der Waals surface area contributed by atoms with Gasteiger partial charge in [0.05, 0.1) is 22.9 Å². The van der Waals surface area contributed by atoms with Crippen LogP contribution in [-0.4, -0.2) is 9.97 Å². The number of hydrogen-bond donors (Lipinski definition) is 0. The zero-order valence-electron chi connectivity index (χ0n) is 36.4. The number of hydrogen-bond acceptors (Lipinski definition) is 3. The van der Waals surface area contributed by atoms with Crippen LogP contribution in [0, 0.1) is 0 Å². The van der Waals surface area contributed by atoms with Crippen LogP contribution in [0.5, 0.6) is 0 Å². The minimum atomic E-state index is 0.822. The third-order valence-corrected chi connectivity index (χ3v) is 13.3. The van der Waals surface area contributed by atoms with Gasteiger partial charge in [-0.15, -0.1) is 0 Å². The van der Waals surface area contributed by atoms with E-state index < -0.39 is 0 Å². The Morgan fingerprint density at radius 1 is 0.269 bits per heavy atom. The van der Waals surface area contributed by atoms with Gasteiger partial charge in [0.1, 0.15) is 11.2 Å². The number of nitrogens with zero attached hydrogens (tertiary/aromatic N) is 2. The number of furan rings is 1. The third-order valence-electron chi connectivity index (χ3n) is 13.3. The van der Waals surface area contributed by atoms with Gasteiger partial charge in [0.25, 0.3) is 0 Å². The highest BCUT2D eigenvalue weighted by molar-refractivity contribution is 6.23. The van der Waals surface area contributed by atoms with E-state index in [1.807, 2.05) is 6.20 Å². The van der Waals surface area contributed by atoms with E-state index in [1.165, 1.54) is 33.0 Å². The molecule has 0 N–H and O–H groups in total. The number of aromatic nitrogens is 2. The Balaban J connectivity index is 1.01. The first-order valence-corrected chi connectivity index (χ1v) is 22.8. The van der Waals surface area contributed by atoms with Gasteiger partial charge in [0.2, 0.25) is 0 Å². The number of rotatable bonds is 7. The highest BCUT2D eigenvalue weighted by Gasteiger charge is 2.21. The first-order chi connectivity index (χ1) is 33.2. The van der Waals surface area contributed by atoms with E-state index in [-0.39, 0.29) is 0 Å². The first kappa shape index (κ1) is 38.5. The maximum Gasteiger partial charge on any atom is 0.143 e. The van der Waals surface area contributed by atoms with Crippen LogP contribution in [0.4, 0.5) is 0 Å². The largest absolute Gasteiger partial charge is 0.455 e. The lowest BCUT2D eigenvalue weighted by Crippen LogP contribution is -1.95. The summed E-state index contributed by atoms with van der Waals surface area (Å²) < 4.78 is 7.01. The lowest BCUT2D eigenvalue weighted by Gasteiger charge is -2.16. The van der Waals surface area contributed by atoms with Crippen molar-refractivity contribution >= 4 is 54.5 Å². The summed E-state index contributed by atoms with van der Waals surface area (Å²) in [6, 6.07) is 84.4. The van der Waals surface area contributed by atoms with Crippen molar-refractivity contribution in [3.63, 3.8) is 0 Å². The summed E-state index contributed by atoms with van der Waals surface area (Å²) in [5, 5.41) is 6.69. The predicted octanol–water partition coefficient (Wildman–Crippen LogP) is 17.5. The second kappa shape index (κ2) is 16.0. The van der Waals surface area contributed by atoms with E-state index in [0.717, 1.165) is 99.5 Å². The van der Waals surface area contributed by atoms with E-state index in [2.05, 4.69) is 237 Å². The van der Waals surface area contributed by atoms with Crippen LogP contribution < -0.4 is 0 Å². The fourth-order valence-electron chi connectivity index (χ4n) is 10.1. The second-order valence-electron chi connectivity index (χ2n) is 17.2. The molecule has 0 amide bonds. The molecule has 0 bridgehead atoms. The Bertz CT molecular complexity index is 4000. The molecule has 3 nitrogen and oxygen atoms in total. The van der Waals surface area contributed by atoms with Crippen molar-refractivity contribution in [1.29, 1.82) is 0 Å². The van der Waals surface area contributed by atoms with Crippen molar-refractivity contribution in [3.8, 4) is 78.0 Å². The number of benzene rings is 11. The molecule has 0 saturated heterocycles. The van der Waals surface area contributed by atoms with Crippen molar-refractivity contribution in [1.82, 2.24) is 9.97 Å². The van der Waals surface area contributed by atoms with Gasteiger partial charge in [-0.25, -0.2) is 4.98 Å². The fourth-order valence-corrected chi connectivity index (χ4v) is 10.1. The van der Waals surface area contributed by atoms with Gasteiger partial charge in [-0.1, -0.05) is 200 Å². The van der Waals surface area contributed by atoms with Gasteiger partial charge in [-0.3, -0.25) is 4.98 Å². The average Bonchev–Trinajstić information content (AvgIpc) is 3.79. The highest BCUT2D eigenvalue weighted by atomic mass is 16.3. The topological polar surface area (TPSA) is 38.9 Å². The van der Waals surface area contributed by atoms with Crippen LogP contribution in [0.3, 0.4) is 0 Å². The normalized spacial score (nSPS) is 11.6. The summed E-state index contributed by atoms with van der Waals surface area (Å²) in [5.41, 5.74) is 18.8. The average molecular weight is 853 g/mol. The minimum Gasteiger partial charge on any atom is -0.455 e. The molecule has 0 saturated carbocycles. The summed E-state index contributed by atoms with van der Waals surface area (Å²) >= 11 is 0. The summed E-state index contributed by atoms with van der Waals surface area (Å²) in [5.74, 6) is 0. The zero-order chi connectivity index (χ0) is 44.3. The molecular formula is C64H40N2O. The molecule has 13 aromatic rings. The van der Waals surface area contributed by atoms with Crippen molar-refractivity contribution in [2.75, 3.05) is 0 Å². The van der Waals surface area contributed by atoms with E-state index in [1.54, 1.807) is 0 Å². The molecule has 2 aromatic heterocycles. The Kier molecular flexibility index (Phi) is 9.17. The molecule has 0 atom stereocenters. The molecule has 0 radical (unpaired) electrons. The van der Waals surface area contributed by atoms with Crippen LogP contribution in [0.15, 0.2) is 247 Å². The number of fused-ring (bicyclic) bond motifs is 9. The third kappa shape index (κ3) is 6.67. The SMILES string of the molecule is c1ccc(-c2cccc(-c3ccc4oc5c(-c6ccccc6-c6ccccc6-c6cnc7c8ccccc8c8ccccc8c7n6)cc(-c6cccc(-c7ccccc7)c6)cc5c4c3)c2)cc1. The van der Waals surface area contributed by atoms with Gasteiger partial charge >= 0.3 is 0 Å². The Labute approximate surface area is 387 Å². The molecular weight excluding hydrogens is 813 g/mol. The smallest absolute Gasteiger partial charge is 0.143 e. The van der Waals surface area contributed by atoms with Crippen molar-refractivity contribution in [2.45, 2.75) is 0 Å². The lowest BCUT2D eigenvalue weighted by atomic mass is 9.88. The summed E-state index contributed by atoms with van der Waals surface area (Å²) in [7, 11) is 0. The van der Waals surface area contributed by atoms with Crippen molar-refractivity contribution in [2.24, 2.45) is 0 Å². The lowest BCUT2D eigenvalue weighted by molar-refractivity contribution is 0.670. The van der Waals surface area contributed by atoms with E-state index >= 15 is 0 Å². The molecule has 0 aliphatic carbocycles. The molecule has 0 unspecified atom stereocenters. The highest BCUT2D eigenvalue weighted by Crippen LogP contribution is 2.46. The first-order valence-electron chi connectivity index (χ1n) is 22.8. The van der Waals surface area contributed by atoms with Crippen LogP contribution in [0.2, 0.25) is 0 Å². The fraction of sp³-hybridized carbons (Fsp3) is 0. The second-order valence-corrected chi connectivity index (χ2v) is 17.2. The molecule has 13 rings (SSSR count). The van der Waals surface area contributed by atoms with Crippen LogP contribution in [0.1, 0.15) is 0 Å². The maximum absolute atomic E-state index is 7.01. The molecule has 0 aliphatic rings. The molecule has 2 heterocycles. The van der Waals surface area contributed by atoms with E-state index in [0.29, 0.717) is 0 Å². The molecule has 67 heavy (non-hydrogen) atoms. The monoisotopic (exact) mass is 852 g/mol. The van der Waals surface area contributed by atoms with Gasteiger partial charge in [0, 0.05) is 32.7 Å². The standard InChI is InChI=1S/C64H40N2O/c1-3-17-41(18-4-1)43-21-15-23-45(35-43)47-33-34-61-57(37-47)59-39-48(46-24-16-22-44(36-46)42-19-5-2-6-20-42)38-58(64(59)67-61)53-29-8-7-25-49(53)50-26-9-12-30-54(50)60-40-65-62-55-31-13-10-27-51(55)52-28-11-14-32-56(52)63(62)66-60/h1-40H. The Morgan fingerprint density at radius 2 is 0.716 bits per heavy atom. The van der Waals surface area contributed by atoms with E-state index in [4.69, 9.17) is 14.4 Å². The van der Waals surface area contributed by atoms with Gasteiger partial charge in [-0.2, -0.15) is 0 Å². The summed E-state index contributed by atoms with van der Waals surface area (Å²) in [6.45, 7) is 0. The molecule has 0 fully saturated rings. The molecule has 312 valence electrons. The van der Waals surface area contributed by atoms with Gasteiger partial charge in [0.15, 0.2) is 0 Å². The minimum absolute atomic E-state index is 0.822. The van der Waals surface area contributed by atoms with Crippen LogP contribution in [0.25, 0.3) is 133 Å². The summed E-state index contributed by atoms with van der Waals surface area (Å²) in [6.07, 6.45) is 1.94. The predicted molar refractivity (Wildman–Crippen MR) is 280 cm³/mol. The van der Waals surface area contributed by atoms with Crippen molar-refractivity contribution in [3.05, 3.63) is 243 Å². The molecule has 0 spiro atoms. The van der Waals surface area contributed by atoms with Gasteiger partial charge in [-0.05, 0) is 108 Å². The van der Waals surface area contributed by atoms with E-state index in [9.17, 15) is 0 Å². The van der Waals surface area contributed by atoms with Crippen LogP contribution >= 0.6 is 0 Å². The Morgan fingerprint density at radius 3 is 1.34 bits per heavy atom. The van der Waals surface area contributed by atoms with Gasteiger partial charge < -0.3 is 4.42 Å². The van der Waals surface area contributed by atoms with Crippen molar-refractivity contribution < 1.29 is 4.42 Å². The Hall–Kier alpha value is -8.92. The molecule has 0 aliphatic heterocycles. The molecule has 3 heteroatoms. The summed E-state index contributed by atoms with van der Waals surface area (Å²) in [4.78, 5) is 10.6. The quantitative estimate of drug-likeness (QED) is 0.150.